The molecule has 2 saturated heterocycles. The summed E-state index contributed by atoms with van der Waals surface area (Å²) in [7, 11) is 0. The average Bonchev–Trinajstić information content (AvgIpc) is 3.00. The highest BCUT2D eigenvalue weighted by Gasteiger charge is 2.25. The number of nitrogens with one attached hydrogen (secondary N) is 1. The van der Waals surface area contributed by atoms with Gasteiger partial charge in [0, 0.05) is 44.2 Å². The van der Waals surface area contributed by atoms with Gasteiger partial charge in [0.2, 0.25) is 11.8 Å². The van der Waals surface area contributed by atoms with Gasteiger partial charge < -0.3 is 29.2 Å². The molecular formula is C29H38N6O4. The van der Waals surface area contributed by atoms with Gasteiger partial charge in [-0.2, -0.15) is 4.98 Å². The van der Waals surface area contributed by atoms with Crippen LogP contribution in [0.3, 0.4) is 0 Å². The molecule has 1 aromatic carbocycles. The number of ether oxygens (including phenoxy) is 4. The van der Waals surface area contributed by atoms with Gasteiger partial charge in [0.25, 0.3) is 0 Å². The van der Waals surface area contributed by atoms with Gasteiger partial charge in [-0.05, 0) is 43.2 Å². The first-order chi connectivity index (χ1) is 19.3. The van der Waals surface area contributed by atoms with Crippen LogP contribution in [0.15, 0.2) is 42.7 Å². The standard InChI is InChI=1S/C29H38N6O4/c1-2-4-26-22(3-1)19-27(35-12-16-37-17-13-35)33-28(26)39-24-7-5-23(6-8-24)32-29-30-20-25(21-31-29)38-18-11-34-9-14-36-15-10-34/h1-4,19-21,23-24H,5-18H2,(H,30,31,32)/t23-,24+. The molecular weight excluding hydrogens is 496 g/mol. The number of pyridine rings is 1. The second kappa shape index (κ2) is 12.8. The number of benzene rings is 1. The Bertz CT molecular complexity index is 1190. The van der Waals surface area contributed by atoms with E-state index < -0.39 is 0 Å². The minimum atomic E-state index is 0.141. The summed E-state index contributed by atoms with van der Waals surface area (Å²) in [5, 5.41) is 5.72. The van der Waals surface area contributed by atoms with Crippen LogP contribution in [-0.4, -0.2) is 97.8 Å². The highest BCUT2D eigenvalue weighted by molar-refractivity contribution is 5.89. The number of hydrogen-bond acceptors (Lipinski definition) is 10. The number of hydrogen-bond donors (Lipinski definition) is 1. The number of nitrogens with zero attached hydrogens (tertiary/aromatic N) is 5. The molecule has 0 amide bonds. The molecule has 0 atom stereocenters. The maximum absolute atomic E-state index is 6.54. The van der Waals surface area contributed by atoms with Gasteiger partial charge in [0.15, 0.2) is 5.75 Å². The quantitative estimate of drug-likeness (QED) is 0.440. The molecule has 3 fully saturated rings. The molecule has 6 rings (SSSR count). The molecule has 2 aromatic heterocycles. The molecule has 2 aliphatic heterocycles. The third-order valence-corrected chi connectivity index (χ3v) is 7.72. The van der Waals surface area contributed by atoms with Crippen LogP contribution in [0.5, 0.6) is 11.6 Å². The van der Waals surface area contributed by atoms with Gasteiger partial charge >= 0.3 is 0 Å². The van der Waals surface area contributed by atoms with Crippen LogP contribution in [0.4, 0.5) is 11.8 Å². The van der Waals surface area contributed by atoms with Gasteiger partial charge in [-0.1, -0.05) is 18.2 Å². The fraction of sp³-hybridized carbons (Fsp3) is 0.552. The van der Waals surface area contributed by atoms with Crippen molar-refractivity contribution in [1.29, 1.82) is 0 Å². The lowest BCUT2D eigenvalue weighted by atomic mass is 9.93. The lowest BCUT2D eigenvalue weighted by Gasteiger charge is -2.31. The smallest absolute Gasteiger partial charge is 0.223 e. The molecule has 3 aromatic rings. The summed E-state index contributed by atoms with van der Waals surface area (Å²) in [5.74, 6) is 3.04. The normalized spacial score (nSPS) is 22.5. The van der Waals surface area contributed by atoms with Crippen LogP contribution in [-0.2, 0) is 9.47 Å². The summed E-state index contributed by atoms with van der Waals surface area (Å²) in [6.45, 7) is 8.20. The molecule has 4 heterocycles. The van der Waals surface area contributed by atoms with E-state index >= 15 is 0 Å². The number of anilines is 2. The molecule has 0 radical (unpaired) electrons. The Balaban J connectivity index is 0.996. The SMILES string of the molecule is c1ccc2c(O[C@H]3CC[C@@H](Nc4ncc(OCCN5CCOCC5)cn4)CC3)nc(N3CCOCC3)cc2c1. The van der Waals surface area contributed by atoms with Crippen molar-refractivity contribution in [3.05, 3.63) is 42.7 Å². The minimum absolute atomic E-state index is 0.141. The lowest BCUT2D eigenvalue weighted by Crippen LogP contribution is -2.38. The van der Waals surface area contributed by atoms with E-state index in [0.717, 1.165) is 107 Å². The van der Waals surface area contributed by atoms with E-state index in [0.29, 0.717) is 24.3 Å². The largest absolute Gasteiger partial charge is 0.489 e. The Hall–Kier alpha value is -3.21. The molecule has 1 N–H and O–H groups in total. The molecule has 3 aliphatic rings. The van der Waals surface area contributed by atoms with Crippen molar-refractivity contribution >= 4 is 22.5 Å². The van der Waals surface area contributed by atoms with Crippen molar-refractivity contribution in [2.45, 2.75) is 37.8 Å². The monoisotopic (exact) mass is 534 g/mol. The van der Waals surface area contributed by atoms with Gasteiger partial charge in [0.1, 0.15) is 18.5 Å². The minimum Gasteiger partial charge on any atom is -0.489 e. The van der Waals surface area contributed by atoms with E-state index in [2.05, 4.69) is 49.4 Å². The van der Waals surface area contributed by atoms with Gasteiger partial charge in [-0.15, -0.1) is 0 Å². The van der Waals surface area contributed by atoms with Gasteiger partial charge in [-0.3, -0.25) is 4.90 Å². The predicted molar refractivity (Wildman–Crippen MR) is 150 cm³/mol. The van der Waals surface area contributed by atoms with Gasteiger partial charge in [0.05, 0.1) is 38.8 Å². The van der Waals surface area contributed by atoms with Crippen molar-refractivity contribution in [1.82, 2.24) is 19.9 Å². The number of morpholine rings is 2. The highest BCUT2D eigenvalue weighted by atomic mass is 16.5. The van der Waals surface area contributed by atoms with Gasteiger partial charge in [-0.25, -0.2) is 9.97 Å². The summed E-state index contributed by atoms with van der Waals surface area (Å²) in [6, 6.07) is 10.8. The van der Waals surface area contributed by atoms with E-state index in [9.17, 15) is 0 Å². The summed E-state index contributed by atoms with van der Waals surface area (Å²) in [4.78, 5) is 18.5. The Kier molecular flexibility index (Phi) is 8.52. The van der Waals surface area contributed by atoms with Crippen molar-refractivity contribution in [3.8, 4) is 11.6 Å². The fourth-order valence-corrected chi connectivity index (χ4v) is 5.45. The zero-order valence-corrected chi connectivity index (χ0v) is 22.5. The Morgan fingerprint density at radius 1 is 0.897 bits per heavy atom. The summed E-state index contributed by atoms with van der Waals surface area (Å²) < 4.78 is 23.3. The predicted octanol–water partition coefficient (Wildman–Crippen LogP) is 3.37. The van der Waals surface area contributed by atoms with E-state index in [-0.39, 0.29) is 6.10 Å². The van der Waals surface area contributed by atoms with Crippen LogP contribution >= 0.6 is 0 Å². The first-order valence-electron chi connectivity index (χ1n) is 14.2. The third-order valence-electron chi connectivity index (χ3n) is 7.72. The maximum Gasteiger partial charge on any atom is 0.223 e. The van der Waals surface area contributed by atoms with Crippen LogP contribution < -0.4 is 19.7 Å². The summed E-state index contributed by atoms with van der Waals surface area (Å²) in [5.41, 5.74) is 0. The second-order valence-corrected chi connectivity index (χ2v) is 10.4. The molecule has 10 nitrogen and oxygen atoms in total. The van der Waals surface area contributed by atoms with E-state index in [4.69, 9.17) is 23.9 Å². The van der Waals surface area contributed by atoms with Crippen molar-refractivity contribution in [3.63, 3.8) is 0 Å². The van der Waals surface area contributed by atoms with Crippen molar-refractivity contribution in [2.24, 2.45) is 0 Å². The Morgan fingerprint density at radius 3 is 2.38 bits per heavy atom. The molecule has 0 unspecified atom stereocenters. The van der Waals surface area contributed by atoms with Crippen LogP contribution in [0.1, 0.15) is 25.7 Å². The molecule has 208 valence electrons. The summed E-state index contributed by atoms with van der Waals surface area (Å²) in [6.07, 6.45) is 7.54. The molecule has 1 saturated carbocycles. The molecule has 0 bridgehead atoms. The van der Waals surface area contributed by atoms with Crippen LogP contribution in [0.2, 0.25) is 0 Å². The van der Waals surface area contributed by atoms with E-state index in [1.807, 2.05) is 6.07 Å². The zero-order chi connectivity index (χ0) is 26.3. The van der Waals surface area contributed by atoms with Crippen LogP contribution in [0, 0.1) is 0 Å². The Labute approximate surface area is 229 Å². The lowest BCUT2D eigenvalue weighted by molar-refractivity contribution is 0.0322. The number of rotatable bonds is 9. The third kappa shape index (κ3) is 6.87. The summed E-state index contributed by atoms with van der Waals surface area (Å²) >= 11 is 0. The molecule has 1 aliphatic carbocycles. The molecule has 0 spiro atoms. The Morgan fingerprint density at radius 2 is 1.62 bits per heavy atom. The van der Waals surface area contributed by atoms with E-state index in [1.165, 1.54) is 0 Å². The maximum atomic E-state index is 6.54. The molecule has 39 heavy (non-hydrogen) atoms. The van der Waals surface area contributed by atoms with Crippen molar-refractivity contribution in [2.75, 3.05) is 76.0 Å². The first-order valence-corrected chi connectivity index (χ1v) is 14.2. The first kappa shape index (κ1) is 26.0. The topological polar surface area (TPSA) is 94.1 Å². The van der Waals surface area contributed by atoms with E-state index in [1.54, 1.807) is 12.4 Å². The van der Waals surface area contributed by atoms with Crippen LogP contribution in [0.25, 0.3) is 10.8 Å². The number of aromatic nitrogens is 3. The number of fused-ring (bicyclic) bond motifs is 1. The second-order valence-electron chi connectivity index (χ2n) is 10.4. The molecule has 10 heteroatoms. The fourth-order valence-electron chi connectivity index (χ4n) is 5.45. The van der Waals surface area contributed by atoms with Crippen molar-refractivity contribution < 1.29 is 18.9 Å². The highest BCUT2D eigenvalue weighted by Crippen LogP contribution is 2.32. The average molecular weight is 535 g/mol. The zero-order valence-electron chi connectivity index (χ0n) is 22.5.